The molecule has 6 heteroatoms. The van der Waals surface area contributed by atoms with Crippen LogP contribution >= 0.6 is 12.4 Å². The van der Waals surface area contributed by atoms with Crippen molar-refractivity contribution in [2.75, 3.05) is 19.5 Å². The van der Waals surface area contributed by atoms with E-state index in [0.717, 1.165) is 29.7 Å². The van der Waals surface area contributed by atoms with Crippen LogP contribution in [0.2, 0.25) is 0 Å². The second-order valence-corrected chi connectivity index (χ2v) is 6.32. The van der Waals surface area contributed by atoms with Crippen molar-refractivity contribution in [2.24, 2.45) is 0 Å². The fourth-order valence-electron chi connectivity index (χ4n) is 2.60. The third-order valence-electron chi connectivity index (χ3n) is 4.17. The third kappa shape index (κ3) is 7.02. The summed E-state index contributed by atoms with van der Waals surface area (Å²) in [4.78, 5) is 12.3. The number of halogens is 1. The van der Waals surface area contributed by atoms with Crippen LogP contribution in [0.15, 0.2) is 42.5 Å². The Morgan fingerprint density at radius 2 is 1.85 bits per heavy atom. The van der Waals surface area contributed by atoms with Crippen LogP contribution in [0.5, 0.6) is 11.5 Å². The number of anilines is 1. The van der Waals surface area contributed by atoms with Gasteiger partial charge in [0.25, 0.3) is 0 Å². The molecule has 0 aromatic heterocycles. The number of hydrogen-bond donors (Lipinski definition) is 2. The number of hydrogen-bond acceptors (Lipinski definition) is 4. The van der Waals surface area contributed by atoms with Crippen molar-refractivity contribution in [1.29, 1.82) is 0 Å². The van der Waals surface area contributed by atoms with Crippen LogP contribution in [0.1, 0.15) is 43.9 Å². The number of amides is 1. The van der Waals surface area contributed by atoms with Crippen molar-refractivity contribution in [3.05, 3.63) is 53.6 Å². The molecule has 0 bridgehead atoms. The van der Waals surface area contributed by atoms with Crippen molar-refractivity contribution in [3.63, 3.8) is 0 Å². The van der Waals surface area contributed by atoms with E-state index in [1.54, 1.807) is 19.2 Å². The zero-order valence-corrected chi connectivity index (χ0v) is 17.0. The van der Waals surface area contributed by atoms with Crippen LogP contribution < -0.4 is 20.5 Å². The largest absolute Gasteiger partial charge is 0.493 e. The zero-order chi connectivity index (χ0) is 18.9. The summed E-state index contributed by atoms with van der Waals surface area (Å²) in [5.74, 6) is 1.37. The summed E-state index contributed by atoms with van der Waals surface area (Å²) in [5.41, 5.74) is 8.26. The summed E-state index contributed by atoms with van der Waals surface area (Å²) in [6, 6.07) is 13.0. The van der Waals surface area contributed by atoms with E-state index in [1.807, 2.05) is 37.3 Å². The van der Waals surface area contributed by atoms with E-state index < -0.39 is 0 Å². The molecule has 0 spiro atoms. The minimum Gasteiger partial charge on any atom is -0.493 e. The highest BCUT2D eigenvalue weighted by Gasteiger charge is 2.13. The average molecular weight is 393 g/mol. The van der Waals surface area contributed by atoms with Gasteiger partial charge >= 0.3 is 0 Å². The van der Waals surface area contributed by atoms with Crippen molar-refractivity contribution in [2.45, 2.75) is 39.2 Å². The summed E-state index contributed by atoms with van der Waals surface area (Å²) in [5, 5.41) is 3.02. The minimum absolute atomic E-state index is 0. The highest BCUT2D eigenvalue weighted by molar-refractivity contribution is 5.85. The fraction of sp³-hybridized carbons (Fsp3) is 0.381. The van der Waals surface area contributed by atoms with Crippen LogP contribution in [0.25, 0.3) is 0 Å². The number of benzene rings is 2. The Morgan fingerprint density at radius 3 is 2.48 bits per heavy atom. The van der Waals surface area contributed by atoms with Crippen molar-refractivity contribution >= 4 is 24.0 Å². The number of carbonyl (C=O) groups is 1. The Labute approximate surface area is 167 Å². The molecular formula is C21H29ClN2O3. The second kappa shape index (κ2) is 11.3. The number of methoxy groups -OCH3 is 1. The van der Waals surface area contributed by atoms with E-state index in [-0.39, 0.29) is 24.4 Å². The Kier molecular flexibility index (Phi) is 9.51. The topological polar surface area (TPSA) is 73.6 Å². The van der Waals surface area contributed by atoms with E-state index in [0.29, 0.717) is 24.5 Å². The maximum atomic E-state index is 12.3. The van der Waals surface area contributed by atoms with Gasteiger partial charge < -0.3 is 20.5 Å². The van der Waals surface area contributed by atoms with Gasteiger partial charge in [0.1, 0.15) is 0 Å². The van der Waals surface area contributed by atoms with Gasteiger partial charge in [-0.1, -0.05) is 31.5 Å². The highest BCUT2D eigenvalue weighted by Crippen LogP contribution is 2.30. The van der Waals surface area contributed by atoms with Crippen molar-refractivity contribution in [3.8, 4) is 11.5 Å². The first-order valence-electron chi connectivity index (χ1n) is 8.98. The molecule has 0 heterocycles. The molecule has 1 amide bonds. The molecule has 1 unspecified atom stereocenters. The normalized spacial score (nSPS) is 11.2. The Balaban J connectivity index is 0.00000364. The van der Waals surface area contributed by atoms with Gasteiger partial charge in [-0.3, -0.25) is 4.79 Å². The molecule has 0 radical (unpaired) electrons. The lowest BCUT2D eigenvalue weighted by molar-refractivity contribution is -0.121. The Bertz CT molecular complexity index is 720. The van der Waals surface area contributed by atoms with Gasteiger partial charge in [0.15, 0.2) is 11.5 Å². The molecule has 2 rings (SSSR count). The van der Waals surface area contributed by atoms with E-state index >= 15 is 0 Å². The molecule has 0 aliphatic rings. The first-order valence-corrected chi connectivity index (χ1v) is 8.98. The molecule has 0 aliphatic carbocycles. The van der Waals surface area contributed by atoms with E-state index in [1.165, 1.54) is 0 Å². The van der Waals surface area contributed by atoms with Gasteiger partial charge in [-0.15, -0.1) is 12.4 Å². The molecule has 2 aromatic carbocycles. The Morgan fingerprint density at radius 1 is 1.15 bits per heavy atom. The van der Waals surface area contributed by atoms with E-state index in [2.05, 4.69) is 12.2 Å². The molecule has 0 saturated carbocycles. The van der Waals surface area contributed by atoms with E-state index in [9.17, 15) is 4.79 Å². The SMILES string of the molecule is CCCCOc1ccc(C(C)NC(=O)Cc2ccc(N)cc2)cc1OC.Cl. The van der Waals surface area contributed by atoms with Crippen LogP contribution in [-0.2, 0) is 11.2 Å². The zero-order valence-electron chi connectivity index (χ0n) is 16.2. The first-order chi connectivity index (χ1) is 12.5. The summed E-state index contributed by atoms with van der Waals surface area (Å²) in [7, 11) is 1.62. The van der Waals surface area contributed by atoms with Crippen LogP contribution in [-0.4, -0.2) is 19.6 Å². The molecule has 1 atom stereocenters. The van der Waals surface area contributed by atoms with Gasteiger partial charge in [-0.05, 0) is 48.7 Å². The summed E-state index contributed by atoms with van der Waals surface area (Å²) >= 11 is 0. The molecular weight excluding hydrogens is 364 g/mol. The highest BCUT2D eigenvalue weighted by atomic mass is 35.5. The minimum atomic E-state index is -0.130. The molecule has 3 N–H and O–H groups in total. The maximum Gasteiger partial charge on any atom is 0.224 e. The first kappa shape index (κ1) is 22.6. The number of carbonyl (C=O) groups excluding carboxylic acids is 1. The monoisotopic (exact) mass is 392 g/mol. The number of nitrogen functional groups attached to an aromatic ring is 1. The van der Waals surface area contributed by atoms with Crippen molar-refractivity contribution < 1.29 is 14.3 Å². The molecule has 5 nitrogen and oxygen atoms in total. The lowest BCUT2D eigenvalue weighted by atomic mass is 10.1. The molecule has 0 fully saturated rings. The predicted molar refractivity (Wildman–Crippen MR) is 112 cm³/mol. The fourth-order valence-corrected chi connectivity index (χ4v) is 2.60. The molecule has 2 aromatic rings. The van der Waals surface area contributed by atoms with Gasteiger partial charge in [0.05, 0.1) is 26.2 Å². The number of ether oxygens (including phenoxy) is 2. The smallest absolute Gasteiger partial charge is 0.224 e. The lowest BCUT2D eigenvalue weighted by Crippen LogP contribution is -2.28. The lowest BCUT2D eigenvalue weighted by Gasteiger charge is -2.17. The van der Waals surface area contributed by atoms with Gasteiger partial charge in [0, 0.05) is 5.69 Å². The number of nitrogens with two attached hydrogens (primary N) is 1. The predicted octanol–water partition coefficient (Wildman–Crippen LogP) is 4.30. The average Bonchev–Trinajstić information content (AvgIpc) is 2.64. The van der Waals surface area contributed by atoms with Crippen molar-refractivity contribution in [1.82, 2.24) is 5.32 Å². The third-order valence-corrected chi connectivity index (χ3v) is 4.17. The quantitative estimate of drug-likeness (QED) is 0.493. The van der Waals surface area contributed by atoms with Gasteiger partial charge in [0.2, 0.25) is 5.91 Å². The summed E-state index contributed by atoms with van der Waals surface area (Å²) in [6.45, 7) is 4.74. The summed E-state index contributed by atoms with van der Waals surface area (Å²) in [6.07, 6.45) is 2.40. The van der Waals surface area contributed by atoms with Crippen LogP contribution in [0, 0.1) is 0 Å². The standard InChI is InChI=1S/C21H28N2O3.ClH/c1-4-5-12-26-19-11-8-17(14-20(19)25-3)15(2)23-21(24)13-16-6-9-18(22)10-7-16;/h6-11,14-15H,4-5,12-13,22H2,1-3H3,(H,23,24);1H. The van der Waals surface area contributed by atoms with E-state index in [4.69, 9.17) is 15.2 Å². The Hall–Kier alpha value is -2.40. The van der Waals surface area contributed by atoms with Crippen LogP contribution in [0.4, 0.5) is 5.69 Å². The molecule has 0 aliphatic heterocycles. The van der Waals surface area contributed by atoms with Crippen LogP contribution in [0.3, 0.4) is 0 Å². The molecule has 27 heavy (non-hydrogen) atoms. The molecule has 0 saturated heterocycles. The maximum absolute atomic E-state index is 12.3. The number of nitrogens with one attached hydrogen (secondary N) is 1. The summed E-state index contributed by atoms with van der Waals surface area (Å²) < 4.78 is 11.2. The number of rotatable bonds is 9. The van der Waals surface area contributed by atoms with Gasteiger partial charge in [-0.25, -0.2) is 0 Å². The molecule has 148 valence electrons. The second-order valence-electron chi connectivity index (χ2n) is 6.32. The van der Waals surface area contributed by atoms with Gasteiger partial charge in [-0.2, -0.15) is 0 Å². The number of unbranched alkanes of at least 4 members (excludes halogenated alkanes) is 1.